The fourth-order valence-corrected chi connectivity index (χ4v) is 3.26. The van der Waals surface area contributed by atoms with Crippen LogP contribution in [0.15, 0.2) is 46.9 Å². The first-order chi connectivity index (χ1) is 13.5. The van der Waals surface area contributed by atoms with E-state index in [9.17, 15) is 4.79 Å². The largest absolute Gasteiger partial charge is 0.423 e. The van der Waals surface area contributed by atoms with Crippen molar-refractivity contribution in [1.82, 2.24) is 9.88 Å². The van der Waals surface area contributed by atoms with Gasteiger partial charge in [0.15, 0.2) is 5.58 Å². The molecule has 1 heterocycles. The predicted octanol–water partition coefficient (Wildman–Crippen LogP) is 3.95. The van der Waals surface area contributed by atoms with Gasteiger partial charge in [0.1, 0.15) is 5.52 Å². The van der Waals surface area contributed by atoms with Crippen molar-refractivity contribution in [3.63, 3.8) is 0 Å². The molecule has 2 N–H and O–H groups in total. The first-order valence-corrected chi connectivity index (χ1v) is 9.72. The number of hydrogen-bond donors (Lipinski definition) is 1. The molecule has 0 aliphatic rings. The summed E-state index contributed by atoms with van der Waals surface area (Å²) in [5, 5.41) is 1.09. The molecular weight excluding hydrogens is 399 g/mol. The van der Waals surface area contributed by atoms with Crippen LogP contribution in [0.2, 0.25) is 10.0 Å². The molecule has 8 heteroatoms. The van der Waals surface area contributed by atoms with Crippen LogP contribution in [0.5, 0.6) is 0 Å². The van der Waals surface area contributed by atoms with E-state index in [1.165, 1.54) is 4.90 Å². The molecule has 28 heavy (non-hydrogen) atoms. The zero-order valence-corrected chi connectivity index (χ0v) is 17.1. The second-order valence-corrected chi connectivity index (χ2v) is 7.37. The molecule has 0 aliphatic heterocycles. The lowest BCUT2D eigenvalue weighted by molar-refractivity contribution is -0.117. The summed E-state index contributed by atoms with van der Waals surface area (Å²) < 4.78 is 5.73. The number of fused-ring (bicyclic) bond motifs is 1. The van der Waals surface area contributed by atoms with Crippen molar-refractivity contribution in [3.05, 3.63) is 58.1 Å². The van der Waals surface area contributed by atoms with E-state index >= 15 is 0 Å². The summed E-state index contributed by atoms with van der Waals surface area (Å²) in [7, 11) is 2.01. The molecule has 0 saturated heterocycles. The third-order valence-corrected chi connectivity index (χ3v) is 5.09. The number of halogens is 2. The van der Waals surface area contributed by atoms with E-state index in [-0.39, 0.29) is 18.5 Å². The van der Waals surface area contributed by atoms with Gasteiger partial charge in [-0.15, -0.1) is 0 Å². The quantitative estimate of drug-likeness (QED) is 0.596. The Hall–Kier alpha value is -2.12. The molecule has 0 saturated carbocycles. The Kier molecular flexibility index (Phi) is 6.91. The van der Waals surface area contributed by atoms with Crippen molar-refractivity contribution >= 4 is 46.2 Å². The van der Waals surface area contributed by atoms with Crippen LogP contribution in [0.25, 0.3) is 11.1 Å². The highest BCUT2D eigenvalue weighted by molar-refractivity contribution is 6.42. The molecule has 0 bridgehead atoms. The highest BCUT2D eigenvalue weighted by atomic mass is 35.5. The van der Waals surface area contributed by atoms with E-state index in [2.05, 4.69) is 9.88 Å². The summed E-state index contributed by atoms with van der Waals surface area (Å²) >= 11 is 12.0. The van der Waals surface area contributed by atoms with Gasteiger partial charge < -0.3 is 15.1 Å². The van der Waals surface area contributed by atoms with Gasteiger partial charge in [0.05, 0.1) is 16.6 Å². The molecule has 148 valence electrons. The number of carbonyl (C=O) groups is 1. The van der Waals surface area contributed by atoms with Gasteiger partial charge in [-0.3, -0.25) is 9.69 Å². The first kappa shape index (κ1) is 20.6. The van der Waals surface area contributed by atoms with Crippen LogP contribution in [0, 0.1) is 0 Å². The molecule has 6 nitrogen and oxygen atoms in total. The minimum absolute atomic E-state index is 0.0994. The smallest absolute Gasteiger partial charge is 0.305 e. The summed E-state index contributed by atoms with van der Waals surface area (Å²) in [4.78, 5) is 20.3. The lowest BCUT2D eigenvalue weighted by Crippen LogP contribution is -2.38. The fraction of sp³-hybridized carbons (Fsp3) is 0.300. The maximum Gasteiger partial charge on any atom is 0.305 e. The van der Waals surface area contributed by atoms with E-state index in [4.69, 9.17) is 33.4 Å². The maximum atomic E-state index is 12.3. The first-order valence-electron chi connectivity index (χ1n) is 8.96. The van der Waals surface area contributed by atoms with E-state index in [1.807, 2.05) is 43.4 Å². The fourth-order valence-electron chi connectivity index (χ4n) is 2.94. The third-order valence-electron chi connectivity index (χ3n) is 4.35. The van der Waals surface area contributed by atoms with Gasteiger partial charge in [-0.25, -0.2) is 0 Å². The topological polar surface area (TPSA) is 75.6 Å². The van der Waals surface area contributed by atoms with Crippen LogP contribution in [0.1, 0.15) is 12.0 Å². The standard InChI is InChI=1S/C20H22Cl2N4O2/c1-25(13-14-7-8-15(21)16(22)11-14)9-4-10-26(19(27)12-23)20-24-17-5-2-3-6-18(17)28-20/h2-3,5-8,11H,4,9-10,12-13,23H2,1H3. The van der Waals surface area contributed by atoms with Crippen LogP contribution in [0.4, 0.5) is 6.01 Å². The Morgan fingerprint density at radius 2 is 1.93 bits per heavy atom. The van der Waals surface area contributed by atoms with Gasteiger partial charge in [-0.2, -0.15) is 4.98 Å². The molecule has 0 fully saturated rings. The zero-order chi connectivity index (χ0) is 20.1. The Morgan fingerprint density at radius 1 is 1.14 bits per heavy atom. The van der Waals surface area contributed by atoms with E-state index in [1.54, 1.807) is 6.07 Å². The summed E-state index contributed by atoms with van der Waals surface area (Å²) in [5.41, 5.74) is 8.00. The third kappa shape index (κ3) is 5.02. The van der Waals surface area contributed by atoms with Crippen LogP contribution in [-0.4, -0.2) is 42.5 Å². The number of nitrogens with two attached hydrogens (primary N) is 1. The highest BCUT2D eigenvalue weighted by Crippen LogP contribution is 2.24. The molecule has 0 radical (unpaired) electrons. The highest BCUT2D eigenvalue weighted by Gasteiger charge is 2.20. The zero-order valence-electron chi connectivity index (χ0n) is 15.6. The number of anilines is 1. The molecule has 0 atom stereocenters. The summed E-state index contributed by atoms with van der Waals surface area (Å²) in [6.45, 7) is 1.87. The van der Waals surface area contributed by atoms with E-state index < -0.39 is 0 Å². The van der Waals surface area contributed by atoms with Crippen molar-refractivity contribution in [2.75, 3.05) is 31.6 Å². The van der Waals surface area contributed by atoms with Crippen molar-refractivity contribution in [2.45, 2.75) is 13.0 Å². The lowest BCUT2D eigenvalue weighted by atomic mass is 10.2. The number of carbonyl (C=O) groups excluding carboxylic acids is 1. The average Bonchev–Trinajstić information content (AvgIpc) is 3.11. The Labute approximate surface area is 173 Å². The second kappa shape index (κ2) is 9.39. The molecule has 1 aromatic heterocycles. The van der Waals surface area contributed by atoms with Gasteiger partial charge in [-0.1, -0.05) is 41.4 Å². The molecular formula is C20H22Cl2N4O2. The van der Waals surface area contributed by atoms with Gasteiger partial charge in [0.25, 0.3) is 0 Å². The number of benzene rings is 2. The minimum atomic E-state index is -0.223. The molecule has 2 aromatic carbocycles. The molecule has 0 spiro atoms. The Morgan fingerprint density at radius 3 is 2.64 bits per heavy atom. The maximum absolute atomic E-state index is 12.3. The number of hydrogen-bond acceptors (Lipinski definition) is 5. The number of nitrogens with zero attached hydrogens (tertiary/aromatic N) is 3. The molecule has 1 amide bonds. The van der Waals surface area contributed by atoms with Crippen LogP contribution >= 0.6 is 23.2 Å². The molecule has 3 aromatic rings. The Balaban J connectivity index is 1.60. The lowest BCUT2D eigenvalue weighted by Gasteiger charge is -2.21. The van der Waals surface area contributed by atoms with Crippen LogP contribution in [-0.2, 0) is 11.3 Å². The molecule has 0 unspecified atom stereocenters. The normalized spacial score (nSPS) is 11.3. The van der Waals surface area contributed by atoms with Gasteiger partial charge >= 0.3 is 6.01 Å². The van der Waals surface area contributed by atoms with Gasteiger partial charge in [0, 0.05) is 13.1 Å². The average molecular weight is 421 g/mol. The summed E-state index contributed by atoms with van der Waals surface area (Å²) in [6, 6.07) is 13.3. The summed E-state index contributed by atoms with van der Waals surface area (Å²) in [6.07, 6.45) is 0.738. The van der Waals surface area contributed by atoms with Crippen molar-refractivity contribution in [2.24, 2.45) is 5.73 Å². The SMILES string of the molecule is CN(CCCN(C(=O)CN)c1nc2ccccc2o1)Cc1ccc(Cl)c(Cl)c1. The van der Waals surface area contributed by atoms with Gasteiger partial charge in [-0.05, 0) is 49.8 Å². The monoisotopic (exact) mass is 420 g/mol. The summed E-state index contributed by atoms with van der Waals surface area (Å²) in [5.74, 6) is -0.223. The molecule has 3 rings (SSSR count). The predicted molar refractivity (Wildman–Crippen MR) is 113 cm³/mol. The molecule has 0 aliphatic carbocycles. The second-order valence-electron chi connectivity index (χ2n) is 6.55. The van der Waals surface area contributed by atoms with Crippen molar-refractivity contribution < 1.29 is 9.21 Å². The number of oxazole rings is 1. The van der Waals surface area contributed by atoms with Crippen molar-refractivity contribution in [1.29, 1.82) is 0 Å². The number of aromatic nitrogens is 1. The Bertz CT molecular complexity index is 927. The van der Waals surface area contributed by atoms with Gasteiger partial charge in [0.2, 0.25) is 5.91 Å². The van der Waals surface area contributed by atoms with Crippen molar-refractivity contribution in [3.8, 4) is 0 Å². The van der Waals surface area contributed by atoms with E-state index in [0.29, 0.717) is 27.7 Å². The number of para-hydroxylation sites is 2. The van der Waals surface area contributed by atoms with Crippen LogP contribution in [0.3, 0.4) is 0 Å². The van der Waals surface area contributed by atoms with E-state index in [0.717, 1.165) is 25.1 Å². The minimum Gasteiger partial charge on any atom is -0.423 e. The number of rotatable bonds is 8. The number of amides is 1. The van der Waals surface area contributed by atoms with Crippen LogP contribution < -0.4 is 10.6 Å².